The Labute approximate surface area is 141 Å². The van der Waals surface area contributed by atoms with Gasteiger partial charge in [0.15, 0.2) is 6.79 Å². The molecule has 0 aliphatic carbocycles. The van der Waals surface area contributed by atoms with Crippen LogP contribution in [0, 0.1) is 0 Å². The van der Waals surface area contributed by atoms with Gasteiger partial charge in [-0.2, -0.15) is 0 Å². The number of phenols is 1. The molecular weight excluding hydrogens is 315 g/mol. The number of phenolic OH excluding ortho intramolecular Hbond substituents is 1. The Hall–Kier alpha value is -1.77. The molecule has 8 heteroatoms. The van der Waals surface area contributed by atoms with Crippen LogP contribution in [0.2, 0.25) is 0 Å². The molecule has 1 saturated heterocycles. The summed E-state index contributed by atoms with van der Waals surface area (Å²) in [7, 11) is 1.88. The number of carbonyl (C=O) groups is 1. The third-order valence-electron chi connectivity index (χ3n) is 4.35. The number of hydrogen-bond acceptors (Lipinski definition) is 7. The van der Waals surface area contributed by atoms with Gasteiger partial charge in [-0.05, 0) is 33.8 Å². The number of carbonyl (C=O) groups excluding carboxylic acids is 1. The highest BCUT2D eigenvalue weighted by Gasteiger charge is 2.53. The first-order valence-corrected chi connectivity index (χ1v) is 7.55. The monoisotopic (exact) mass is 338 g/mol. The molecule has 0 unspecified atom stereocenters. The van der Waals surface area contributed by atoms with Crippen molar-refractivity contribution in [3.05, 3.63) is 17.7 Å². The number of ether oxygens (including phenoxy) is 3. The highest BCUT2D eigenvalue weighted by molar-refractivity contribution is 6.64. The van der Waals surface area contributed by atoms with Gasteiger partial charge in [0.2, 0.25) is 0 Å². The lowest BCUT2D eigenvalue weighted by atomic mass is 9.75. The van der Waals surface area contributed by atoms with Crippen LogP contribution in [-0.4, -0.2) is 50.4 Å². The fraction of sp³-hybridized carbons (Fsp3) is 0.562. The van der Waals surface area contributed by atoms with Crippen molar-refractivity contribution in [2.75, 3.05) is 21.0 Å². The van der Waals surface area contributed by atoms with Crippen molar-refractivity contribution in [1.29, 1.82) is 0 Å². The standard InChI is InChI=1S/C16H23BO7/c1-15(2)16(3,4)24-17(23-15)13-11(14(19)21-6)7-10(18)8-12(13)22-9-20-5/h7-8,18H,9H2,1-6H3. The van der Waals surface area contributed by atoms with Crippen molar-refractivity contribution in [3.8, 4) is 11.5 Å². The minimum Gasteiger partial charge on any atom is -0.508 e. The van der Waals surface area contributed by atoms with Gasteiger partial charge in [-0.3, -0.25) is 0 Å². The van der Waals surface area contributed by atoms with Gasteiger partial charge < -0.3 is 28.6 Å². The van der Waals surface area contributed by atoms with Crippen molar-refractivity contribution in [2.45, 2.75) is 38.9 Å². The fourth-order valence-electron chi connectivity index (χ4n) is 2.34. The third-order valence-corrected chi connectivity index (χ3v) is 4.35. The van der Waals surface area contributed by atoms with Crippen molar-refractivity contribution < 1.29 is 33.4 Å². The normalized spacial score (nSPS) is 18.5. The van der Waals surface area contributed by atoms with E-state index in [1.807, 2.05) is 27.7 Å². The third kappa shape index (κ3) is 3.36. The second-order valence-electron chi connectivity index (χ2n) is 6.54. The molecule has 0 aromatic heterocycles. The first-order chi connectivity index (χ1) is 11.1. The Morgan fingerprint density at radius 1 is 1.17 bits per heavy atom. The van der Waals surface area contributed by atoms with Crippen molar-refractivity contribution in [1.82, 2.24) is 0 Å². The number of hydrogen-bond donors (Lipinski definition) is 1. The molecule has 0 saturated carbocycles. The molecule has 1 heterocycles. The van der Waals surface area contributed by atoms with E-state index in [0.717, 1.165) is 0 Å². The van der Waals surface area contributed by atoms with E-state index in [1.165, 1.54) is 26.4 Å². The smallest absolute Gasteiger partial charge is 0.499 e. The van der Waals surface area contributed by atoms with Crippen LogP contribution in [0.1, 0.15) is 38.1 Å². The summed E-state index contributed by atoms with van der Waals surface area (Å²) in [6, 6.07) is 2.68. The molecule has 2 rings (SSSR count). The Kier molecular flexibility index (Phi) is 5.12. The van der Waals surface area contributed by atoms with Crippen LogP contribution in [0.4, 0.5) is 0 Å². The van der Waals surface area contributed by atoms with Gasteiger partial charge in [0, 0.05) is 18.6 Å². The Morgan fingerprint density at radius 2 is 1.75 bits per heavy atom. The largest absolute Gasteiger partial charge is 0.508 e. The van der Waals surface area contributed by atoms with Gasteiger partial charge in [-0.1, -0.05) is 0 Å². The number of aromatic hydroxyl groups is 1. The average Bonchev–Trinajstić information content (AvgIpc) is 2.71. The molecule has 1 aliphatic rings. The van der Waals surface area contributed by atoms with E-state index < -0.39 is 24.3 Å². The Bertz CT molecular complexity index is 611. The molecule has 1 aromatic carbocycles. The quantitative estimate of drug-likeness (QED) is 0.494. The van der Waals surface area contributed by atoms with Crippen LogP contribution >= 0.6 is 0 Å². The first-order valence-electron chi connectivity index (χ1n) is 7.55. The lowest BCUT2D eigenvalue weighted by molar-refractivity contribution is 0.00578. The van der Waals surface area contributed by atoms with E-state index >= 15 is 0 Å². The molecule has 0 amide bonds. The van der Waals surface area contributed by atoms with Gasteiger partial charge in [0.25, 0.3) is 0 Å². The minimum atomic E-state index is -0.850. The van der Waals surface area contributed by atoms with Crippen LogP contribution in [0.15, 0.2) is 12.1 Å². The highest BCUT2D eigenvalue weighted by atomic mass is 16.7. The number of methoxy groups -OCH3 is 2. The van der Waals surface area contributed by atoms with Gasteiger partial charge in [0.1, 0.15) is 11.5 Å². The lowest BCUT2D eigenvalue weighted by Gasteiger charge is -2.32. The molecule has 0 radical (unpaired) electrons. The van der Waals surface area contributed by atoms with Crippen molar-refractivity contribution >= 4 is 18.6 Å². The fourth-order valence-corrected chi connectivity index (χ4v) is 2.34. The number of rotatable bonds is 5. The minimum absolute atomic E-state index is 0.0590. The lowest BCUT2D eigenvalue weighted by Crippen LogP contribution is -2.41. The summed E-state index contributed by atoms with van der Waals surface area (Å²) < 4.78 is 27.2. The molecule has 7 nitrogen and oxygen atoms in total. The van der Waals surface area contributed by atoms with Crippen LogP contribution < -0.4 is 10.2 Å². The summed E-state index contributed by atoms with van der Waals surface area (Å²) in [5.41, 5.74) is -0.722. The summed E-state index contributed by atoms with van der Waals surface area (Å²) in [5.74, 6) is -0.532. The number of esters is 1. The molecule has 24 heavy (non-hydrogen) atoms. The second kappa shape index (κ2) is 6.62. The molecule has 0 atom stereocenters. The maximum atomic E-state index is 12.2. The molecule has 1 fully saturated rings. The zero-order chi connectivity index (χ0) is 18.1. The molecule has 0 bridgehead atoms. The SMILES string of the molecule is COCOc1cc(O)cc(C(=O)OC)c1B1OC(C)(C)C(C)(C)O1. The maximum absolute atomic E-state index is 12.2. The predicted octanol–water partition coefficient (Wildman–Crippen LogP) is 1.46. The topological polar surface area (TPSA) is 83.5 Å². The molecule has 1 N–H and O–H groups in total. The summed E-state index contributed by atoms with van der Waals surface area (Å²) in [4.78, 5) is 12.2. The van der Waals surface area contributed by atoms with E-state index in [9.17, 15) is 9.90 Å². The van der Waals surface area contributed by atoms with E-state index in [2.05, 4.69) is 0 Å². The summed E-state index contributed by atoms with van der Waals surface area (Å²) >= 11 is 0. The molecule has 0 spiro atoms. The van der Waals surface area contributed by atoms with Gasteiger partial charge in [0.05, 0.1) is 23.9 Å². The Balaban J connectivity index is 2.55. The Morgan fingerprint density at radius 3 is 2.25 bits per heavy atom. The van der Waals surface area contributed by atoms with E-state index in [0.29, 0.717) is 5.46 Å². The molecular formula is C16H23BO7. The maximum Gasteiger partial charge on any atom is 0.499 e. The van der Waals surface area contributed by atoms with Gasteiger partial charge >= 0.3 is 13.1 Å². The highest BCUT2D eigenvalue weighted by Crippen LogP contribution is 2.38. The van der Waals surface area contributed by atoms with Crippen LogP contribution in [0.3, 0.4) is 0 Å². The summed E-state index contributed by atoms with van der Waals surface area (Å²) in [6.07, 6.45) is 0. The number of benzene rings is 1. The van der Waals surface area contributed by atoms with Crippen LogP contribution in [0.5, 0.6) is 11.5 Å². The van der Waals surface area contributed by atoms with Gasteiger partial charge in [-0.15, -0.1) is 0 Å². The van der Waals surface area contributed by atoms with Crippen molar-refractivity contribution in [2.24, 2.45) is 0 Å². The van der Waals surface area contributed by atoms with Crippen LogP contribution in [0.25, 0.3) is 0 Å². The molecule has 1 aliphatic heterocycles. The van der Waals surface area contributed by atoms with E-state index in [4.69, 9.17) is 23.5 Å². The van der Waals surface area contributed by atoms with Crippen molar-refractivity contribution in [3.63, 3.8) is 0 Å². The van der Waals surface area contributed by atoms with E-state index in [-0.39, 0.29) is 23.9 Å². The van der Waals surface area contributed by atoms with E-state index in [1.54, 1.807) is 0 Å². The summed E-state index contributed by atoms with van der Waals surface area (Å²) in [5, 5.41) is 9.90. The average molecular weight is 338 g/mol. The molecule has 1 aromatic rings. The zero-order valence-corrected chi connectivity index (χ0v) is 14.8. The second-order valence-corrected chi connectivity index (χ2v) is 6.54. The predicted molar refractivity (Wildman–Crippen MR) is 87.7 cm³/mol. The molecule has 132 valence electrons. The summed E-state index contributed by atoms with van der Waals surface area (Å²) in [6.45, 7) is 7.56. The van der Waals surface area contributed by atoms with Crippen LogP contribution in [-0.2, 0) is 18.8 Å². The zero-order valence-electron chi connectivity index (χ0n) is 14.8. The van der Waals surface area contributed by atoms with Gasteiger partial charge in [-0.25, -0.2) is 4.79 Å². The first kappa shape index (κ1) is 18.6.